The molecule has 0 atom stereocenters. The van der Waals surface area contributed by atoms with E-state index in [0.29, 0.717) is 6.42 Å². The first kappa shape index (κ1) is 11.9. The summed E-state index contributed by atoms with van der Waals surface area (Å²) in [6.45, 7) is 0. The Kier molecular flexibility index (Phi) is 3.25. The molecule has 1 aromatic carbocycles. The Morgan fingerprint density at radius 2 is 1.89 bits per heavy atom. The fourth-order valence-electron chi connectivity index (χ4n) is 1.87. The van der Waals surface area contributed by atoms with E-state index in [9.17, 15) is 0 Å². The highest BCUT2D eigenvalue weighted by Crippen LogP contribution is 2.23. The van der Waals surface area contributed by atoms with Gasteiger partial charge in [-0.05, 0) is 12.1 Å². The third-order valence-corrected chi connectivity index (χ3v) is 3.71. The number of nitrogens with two attached hydrogens (primary N) is 1. The van der Waals surface area contributed by atoms with E-state index in [4.69, 9.17) is 5.73 Å². The number of thiazole rings is 1. The molecule has 19 heavy (non-hydrogen) atoms. The molecule has 0 amide bonds. The SMILES string of the molecule is Nc1cccnc1Cc1nc(-c2ccccc2)cs1. The van der Waals surface area contributed by atoms with Crippen molar-refractivity contribution in [2.45, 2.75) is 6.42 Å². The van der Waals surface area contributed by atoms with Crippen molar-refractivity contribution in [3.05, 3.63) is 64.7 Å². The predicted molar refractivity (Wildman–Crippen MR) is 79.0 cm³/mol. The van der Waals surface area contributed by atoms with E-state index in [2.05, 4.69) is 27.5 Å². The molecule has 4 heteroatoms. The van der Waals surface area contributed by atoms with Crippen LogP contribution in [0.15, 0.2) is 54.0 Å². The average Bonchev–Trinajstić information content (AvgIpc) is 2.91. The molecule has 0 radical (unpaired) electrons. The van der Waals surface area contributed by atoms with Gasteiger partial charge in [0.2, 0.25) is 0 Å². The van der Waals surface area contributed by atoms with Crippen molar-refractivity contribution >= 4 is 17.0 Å². The Labute approximate surface area is 115 Å². The Balaban J connectivity index is 1.85. The van der Waals surface area contributed by atoms with Crippen LogP contribution in [0.25, 0.3) is 11.3 Å². The lowest BCUT2D eigenvalue weighted by atomic mass is 10.2. The lowest BCUT2D eigenvalue weighted by molar-refractivity contribution is 1.06. The van der Waals surface area contributed by atoms with E-state index < -0.39 is 0 Å². The summed E-state index contributed by atoms with van der Waals surface area (Å²) in [6, 6.07) is 13.9. The normalized spacial score (nSPS) is 10.5. The molecule has 2 N–H and O–H groups in total. The topological polar surface area (TPSA) is 51.8 Å². The monoisotopic (exact) mass is 267 g/mol. The fraction of sp³-hybridized carbons (Fsp3) is 0.0667. The quantitative estimate of drug-likeness (QED) is 0.791. The van der Waals surface area contributed by atoms with Crippen LogP contribution in [-0.2, 0) is 6.42 Å². The van der Waals surface area contributed by atoms with Gasteiger partial charge in [0, 0.05) is 23.6 Å². The van der Waals surface area contributed by atoms with Gasteiger partial charge in [-0.1, -0.05) is 30.3 Å². The molecule has 94 valence electrons. The van der Waals surface area contributed by atoms with Crippen LogP contribution in [0.1, 0.15) is 10.7 Å². The number of nitrogen functional groups attached to an aromatic ring is 1. The maximum Gasteiger partial charge on any atom is 0.0993 e. The van der Waals surface area contributed by atoms with E-state index in [1.54, 1.807) is 17.5 Å². The predicted octanol–water partition coefficient (Wildman–Crippen LogP) is 3.38. The molecule has 0 bridgehead atoms. The van der Waals surface area contributed by atoms with Crippen molar-refractivity contribution in [3.8, 4) is 11.3 Å². The zero-order valence-corrected chi connectivity index (χ0v) is 11.1. The number of benzene rings is 1. The average molecular weight is 267 g/mol. The first-order valence-corrected chi connectivity index (χ1v) is 6.90. The van der Waals surface area contributed by atoms with Gasteiger partial charge in [0.25, 0.3) is 0 Å². The van der Waals surface area contributed by atoms with Gasteiger partial charge in [-0.2, -0.15) is 0 Å². The molecule has 0 spiro atoms. The first-order chi connectivity index (χ1) is 9.33. The highest BCUT2D eigenvalue weighted by atomic mass is 32.1. The van der Waals surface area contributed by atoms with Gasteiger partial charge in [-0.25, -0.2) is 4.98 Å². The first-order valence-electron chi connectivity index (χ1n) is 6.02. The molecule has 0 aliphatic heterocycles. The number of hydrogen-bond donors (Lipinski definition) is 1. The molecule has 3 nitrogen and oxygen atoms in total. The summed E-state index contributed by atoms with van der Waals surface area (Å²) in [5.74, 6) is 0. The van der Waals surface area contributed by atoms with Crippen LogP contribution in [-0.4, -0.2) is 9.97 Å². The summed E-state index contributed by atoms with van der Waals surface area (Å²) < 4.78 is 0. The Morgan fingerprint density at radius 1 is 1.05 bits per heavy atom. The molecule has 3 rings (SSSR count). The molecule has 0 unspecified atom stereocenters. The third-order valence-electron chi connectivity index (χ3n) is 2.87. The summed E-state index contributed by atoms with van der Waals surface area (Å²) >= 11 is 1.64. The summed E-state index contributed by atoms with van der Waals surface area (Å²) in [6.07, 6.45) is 2.45. The van der Waals surface area contributed by atoms with Crippen LogP contribution in [0.3, 0.4) is 0 Å². The summed E-state index contributed by atoms with van der Waals surface area (Å²) in [5.41, 5.74) is 9.65. The number of anilines is 1. The van der Waals surface area contributed by atoms with Crippen LogP contribution < -0.4 is 5.73 Å². The van der Waals surface area contributed by atoms with Gasteiger partial charge in [0.05, 0.1) is 22.1 Å². The molecule has 0 saturated heterocycles. The molecule has 0 saturated carbocycles. The number of pyridine rings is 1. The largest absolute Gasteiger partial charge is 0.397 e. The highest BCUT2D eigenvalue weighted by Gasteiger charge is 2.07. The second kappa shape index (κ2) is 5.20. The number of rotatable bonds is 3. The Morgan fingerprint density at radius 3 is 2.68 bits per heavy atom. The summed E-state index contributed by atoms with van der Waals surface area (Å²) in [4.78, 5) is 8.94. The molecular formula is C15H13N3S. The summed E-state index contributed by atoms with van der Waals surface area (Å²) in [7, 11) is 0. The Bertz CT molecular complexity index is 677. The van der Waals surface area contributed by atoms with Gasteiger partial charge in [-0.15, -0.1) is 11.3 Å². The van der Waals surface area contributed by atoms with Crippen LogP contribution in [0.2, 0.25) is 0 Å². The van der Waals surface area contributed by atoms with Crippen LogP contribution in [0.5, 0.6) is 0 Å². The number of hydrogen-bond acceptors (Lipinski definition) is 4. The zero-order chi connectivity index (χ0) is 13.1. The van der Waals surface area contributed by atoms with Gasteiger partial charge >= 0.3 is 0 Å². The molecular weight excluding hydrogens is 254 g/mol. The van der Waals surface area contributed by atoms with E-state index in [1.165, 1.54) is 0 Å². The van der Waals surface area contributed by atoms with Crippen molar-refractivity contribution in [2.75, 3.05) is 5.73 Å². The second-order valence-corrected chi connectivity index (χ2v) is 5.15. The summed E-state index contributed by atoms with van der Waals surface area (Å²) in [5, 5.41) is 3.10. The van der Waals surface area contributed by atoms with Gasteiger partial charge in [-0.3, -0.25) is 4.98 Å². The van der Waals surface area contributed by atoms with Crippen LogP contribution in [0, 0.1) is 0 Å². The zero-order valence-electron chi connectivity index (χ0n) is 10.3. The minimum absolute atomic E-state index is 0.685. The maximum absolute atomic E-state index is 5.90. The maximum atomic E-state index is 5.90. The molecule has 0 aliphatic carbocycles. The molecule has 2 aromatic heterocycles. The fourth-order valence-corrected chi connectivity index (χ4v) is 2.68. The van der Waals surface area contributed by atoms with Crippen LogP contribution >= 0.6 is 11.3 Å². The van der Waals surface area contributed by atoms with Gasteiger partial charge < -0.3 is 5.73 Å². The van der Waals surface area contributed by atoms with E-state index in [0.717, 1.165) is 27.6 Å². The standard InChI is InChI=1S/C15H13N3S/c16-12-7-4-8-17-13(12)9-15-18-14(10-19-15)11-5-2-1-3-6-11/h1-8,10H,9,16H2. The van der Waals surface area contributed by atoms with E-state index in [-0.39, 0.29) is 0 Å². The minimum atomic E-state index is 0.685. The number of aromatic nitrogens is 2. The molecule has 3 aromatic rings. The number of nitrogens with zero attached hydrogens (tertiary/aromatic N) is 2. The minimum Gasteiger partial charge on any atom is -0.397 e. The lowest BCUT2D eigenvalue weighted by Crippen LogP contribution is -1.98. The lowest BCUT2D eigenvalue weighted by Gasteiger charge is -2.00. The molecule has 0 fully saturated rings. The highest BCUT2D eigenvalue weighted by molar-refractivity contribution is 7.10. The second-order valence-electron chi connectivity index (χ2n) is 4.21. The van der Waals surface area contributed by atoms with E-state index in [1.807, 2.05) is 30.3 Å². The van der Waals surface area contributed by atoms with Crippen molar-refractivity contribution < 1.29 is 0 Å². The van der Waals surface area contributed by atoms with Crippen molar-refractivity contribution in [1.82, 2.24) is 9.97 Å². The van der Waals surface area contributed by atoms with Crippen LogP contribution in [0.4, 0.5) is 5.69 Å². The van der Waals surface area contributed by atoms with E-state index >= 15 is 0 Å². The van der Waals surface area contributed by atoms with Crippen molar-refractivity contribution in [2.24, 2.45) is 0 Å². The van der Waals surface area contributed by atoms with Gasteiger partial charge in [0.1, 0.15) is 0 Å². The van der Waals surface area contributed by atoms with Gasteiger partial charge in [0.15, 0.2) is 0 Å². The molecule has 2 heterocycles. The van der Waals surface area contributed by atoms with Crippen molar-refractivity contribution in [1.29, 1.82) is 0 Å². The molecule has 0 aliphatic rings. The third kappa shape index (κ3) is 2.63. The van der Waals surface area contributed by atoms with Crippen molar-refractivity contribution in [3.63, 3.8) is 0 Å². The Hall–Kier alpha value is -2.20. The smallest absolute Gasteiger partial charge is 0.0993 e.